The SMILES string of the molecule is CC(C)=CCC/C(C)=C/C[C@@]1(S(=O)(=O)c2ccccc2)C=CC(=O)CC1. The van der Waals surface area contributed by atoms with Gasteiger partial charge in [-0.05, 0) is 64.7 Å². The monoisotopic (exact) mass is 372 g/mol. The van der Waals surface area contributed by atoms with Gasteiger partial charge in [0.15, 0.2) is 15.6 Å². The molecule has 140 valence electrons. The predicted molar refractivity (Wildman–Crippen MR) is 107 cm³/mol. The summed E-state index contributed by atoms with van der Waals surface area (Å²) in [6.45, 7) is 6.19. The standard InChI is InChI=1S/C22H28O3S/c1-18(2)8-7-9-19(3)12-15-22(16-13-20(23)14-17-22)26(24,25)21-10-5-4-6-11-21/h4-6,8,10-13,16H,7,9,14-15,17H2,1-3H3/b19-12+/t22-/m1/s1. The van der Waals surface area contributed by atoms with E-state index in [0.717, 1.165) is 12.8 Å². The van der Waals surface area contributed by atoms with Crippen LogP contribution in [0.5, 0.6) is 0 Å². The quantitative estimate of drug-likeness (QED) is 0.618. The molecule has 0 saturated carbocycles. The smallest absolute Gasteiger partial charge is 0.187 e. The Labute approximate surface area is 157 Å². The average Bonchev–Trinajstić information content (AvgIpc) is 2.62. The van der Waals surface area contributed by atoms with E-state index in [1.165, 1.54) is 17.2 Å². The van der Waals surface area contributed by atoms with Crippen molar-refractivity contribution in [3.8, 4) is 0 Å². The zero-order chi connectivity index (χ0) is 19.2. The van der Waals surface area contributed by atoms with Crippen molar-refractivity contribution in [3.05, 3.63) is 65.8 Å². The molecule has 1 aromatic carbocycles. The van der Waals surface area contributed by atoms with Crippen molar-refractivity contribution in [2.45, 2.75) is 62.5 Å². The second-order valence-corrected chi connectivity index (χ2v) is 9.55. The maximum atomic E-state index is 13.3. The van der Waals surface area contributed by atoms with Gasteiger partial charge < -0.3 is 0 Å². The van der Waals surface area contributed by atoms with Crippen molar-refractivity contribution in [3.63, 3.8) is 0 Å². The van der Waals surface area contributed by atoms with Gasteiger partial charge in [-0.25, -0.2) is 8.42 Å². The molecule has 0 aliphatic heterocycles. The summed E-state index contributed by atoms with van der Waals surface area (Å²) in [5.74, 6) is -0.00635. The predicted octanol–water partition coefficient (Wildman–Crippen LogP) is 5.20. The Hall–Kier alpha value is -1.94. The van der Waals surface area contributed by atoms with Gasteiger partial charge in [-0.15, -0.1) is 0 Å². The van der Waals surface area contributed by atoms with Crippen LogP contribution in [0.15, 0.2) is 70.7 Å². The second-order valence-electron chi connectivity index (χ2n) is 7.26. The zero-order valence-electron chi connectivity index (χ0n) is 15.9. The van der Waals surface area contributed by atoms with Crippen molar-refractivity contribution >= 4 is 15.6 Å². The third-order valence-electron chi connectivity index (χ3n) is 4.84. The first-order valence-electron chi connectivity index (χ1n) is 9.08. The molecule has 4 heteroatoms. The van der Waals surface area contributed by atoms with E-state index in [-0.39, 0.29) is 12.2 Å². The van der Waals surface area contributed by atoms with E-state index < -0.39 is 14.6 Å². The molecule has 0 unspecified atom stereocenters. The number of hydrogen-bond acceptors (Lipinski definition) is 3. The summed E-state index contributed by atoms with van der Waals surface area (Å²) in [6, 6.07) is 8.54. The van der Waals surface area contributed by atoms with Crippen LogP contribution in [0.25, 0.3) is 0 Å². The lowest BCUT2D eigenvalue weighted by Gasteiger charge is -2.32. The van der Waals surface area contributed by atoms with E-state index in [4.69, 9.17) is 0 Å². The van der Waals surface area contributed by atoms with Crippen LogP contribution in [0.2, 0.25) is 0 Å². The molecule has 1 aliphatic rings. The average molecular weight is 373 g/mol. The van der Waals surface area contributed by atoms with E-state index in [0.29, 0.717) is 17.7 Å². The molecule has 0 N–H and O–H groups in total. The molecule has 0 aromatic heterocycles. The zero-order valence-corrected chi connectivity index (χ0v) is 16.7. The van der Waals surface area contributed by atoms with Gasteiger partial charge in [-0.2, -0.15) is 0 Å². The summed E-state index contributed by atoms with van der Waals surface area (Å²) in [7, 11) is -3.57. The highest BCUT2D eigenvalue weighted by Crippen LogP contribution is 2.38. The first-order valence-corrected chi connectivity index (χ1v) is 10.6. The molecular weight excluding hydrogens is 344 g/mol. The first-order chi connectivity index (χ1) is 12.3. The highest BCUT2D eigenvalue weighted by molar-refractivity contribution is 7.93. The molecule has 1 atom stereocenters. The molecule has 0 amide bonds. The molecule has 0 fully saturated rings. The molecular formula is C22H28O3S. The van der Waals surface area contributed by atoms with Crippen LogP contribution in [-0.4, -0.2) is 18.9 Å². The van der Waals surface area contributed by atoms with Crippen LogP contribution in [-0.2, 0) is 14.6 Å². The Kier molecular flexibility index (Phi) is 6.76. The van der Waals surface area contributed by atoms with Crippen LogP contribution >= 0.6 is 0 Å². The number of allylic oxidation sites excluding steroid dienone is 5. The van der Waals surface area contributed by atoms with E-state index in [1.807, 2.05) is 13.0 Å². The number of benzene rings is 1. The molecule has 1 aromatic rings. The highest BCUT2D eigenvalue weighted by Gasteiger charge is 2.43. The van der Waals surface area contributed by atoms with E-state index in [1.54, 1.807) is 36.4 Å². The number of rotatable bonds is 7. The number of hydrogen-bond donors (Lipinski definition) is 0. The fourth-order valence-corrected chi connectivity index (χ4v) is 5.03. The molecule has 1 aliphatic carbocycles. The van der Waals surface area contributed by atoms with Crippen molar-refractivity contribution in [2.75, 3.05) is 0 Å². The Morgan fingerprint density at radius 2 is 1.81 bits per heavy atom. The van der Waals surface area contributed by atoms with Gasteiger partial charge in [0.1, 0.15) is 0 Å². The van der Waals surface area contributed by atoms with Crippen molar-refractivity contribution in [2.24, 2.45) is 0 Å². The van der Waals surface area contributed by atoms with Gasteiger partial charge >= 0.3 is 0 Å². The van der Waals surface area contributed by atoms with Crippen molar-refractivity contribution in [1.29, 1.82) is 0 Å². The number of ketones is 1. The minimum Gasteiger partial charge on any atom is -0.295 e. The molecule has 0 spiro atoms. The highest BCUT2D eigenvalue weighted by atomic mass is 32.2. The van der Waals surface area contributed by atoms with Crippen LogP contribution in [0.3, 0.4) is 0 Å². The summed E-state index contributed by atoms with van der Waals surface area (Å²) in [6.07, 6.45) is 10.1. The van der Waals surface area contributed by atoms with Crippen molar-refractivity contribution < 1.29 is 13.2 Å². The third kappa shape index (κ3) is 4.82. The normalized spacial score (nSPS) is 20.9. The lowest BCUT2D eigenvalue weighted by Crippen LogP contribution is -2.39. The van der Waals surface area contributed by atoms with E-state index >= 15 is 0 Å². The molecule has 0 radical (unpaired) electrons. The summed E-state index contributed by atoms with van der Waals surface area (Å²) in [5.41, 5.74) is 2.46. The Balaban J connectivity index is 2.31. The fourth-order valence-electron chi connectivity index (χ4n) is 3.12. The minimum atomic E-state index is -3.57. The Bertz CT molecular complexity index is 825. The molecule has 26 heavy (non-hydrogen) atoms. The summed E-state index contributed by atoms with van der Waals surface area (Å²) in [4.78, 5) is 12.0. The maximum absolute atomic E-state index is 13.3. The van der Waals surface area contributed by atoms with E-state index in [2.05, 4.69) is 19.9 Å². The largest absolute Gasteiger partial charge is 0.295 e. The van der Waals surface area contributed by atoms with Crippen molar-refractivity contribution in [1.82, 2.24) is 0 Å². The molecule has 0 bridgehead atoms. The maximum Gasteiger partial charge on any atom is 0.187 e. The molecule has 0 heterocycles. The topological polar surface area (TPSA) is 51.2 Å². The van der Waals surface area contributed by atoms with Crippen LogP contribution in [0, 0.1) is 0 Å². The van der Waals surface area contributed by atoms with Gasteiger partial charge in [0.2, 0.25) is 0 Å². The Morgan fingerprint density at radius 3 is 2.38 bits per heavy atom. The number of sulfone groups is 1. The number of carbonyl (C=O) groups is 1. The summed E-state index contributed by atoms with van der Waals surface area (Å²) < 4.78 is 25.6. The van der Waals surface area contributed by atoms with E-state index in [9.17, 15) is 13.2 Å². The lowest BCUT2D eigenvalue weighted by molar-refractivity contribution is -0.115. The number of carbonyl (C=O) groups excluding carboxylic acids is 1. The lowest BCUT2D eigenvalue weighted by atomic mass is 9.90. The first kappa shape index (κ1) is 20.4. The minimum absolute atomic E-state index is 0.00635. The Morgan fingerprint density at radius 1 is 1.12 bits per heavy atom. The van der Waals surface area contributed by atoms with Gasteiger partial charge in [-0.1, -0.05) is 47.6 Å². The summed E-state index contributed by atoms with van der Waals surface area (Å²) >= 11 is 0. The van der Waals surface area contributed by atoms with Crippen LogP contribution < -0.4 is 0 Å². The van der Waals surface area contributed by atoms with Crippen LogP contribution in [0.1, 0.15) is 52.9 Å². The molecule has 2 rings (SSSR count). The van der Waals surface area contributed by atoms with Gasteiger partial charge in [-0.3, -0.25) is 4.79 Å². The summed E-state index contributed by atoms with van der Waals surface area (Å²) in [5, 5.41) is 0. The fraction of sp³-hybridized carbons (Fsp3) is 0.409. The van der Waals surface area contributed by atoms with Gasteiger partial charge in [0.05, 0.1) is 9.64 Å². The third-order valence-corrected chi connectivity index (χ3v) is 7.31. The van der Waals surface area contributed by atoms with Crippen LogP contribution in [0.4, 0.5) is 0 Å². The second kappa shape index (κ2) is 8.63. The van der Waals surface area contributed by atoms with Gasteiger partial charge in [0.25, 0.3) is 0 Å². The van der Waals surface area contributed by atoms with Gasteiger partial charge in [0, 0.05) is 6.42 Å². The molecule has 3 nitrogen and oxygen atoms in total. The molecule has 0 saturated heterocycles.